The molecule has 0 saturated carbocycles. The summed E-state index contributed by atoms with van der Waals surface area (Å²) in [6.07, 6.45) is 4.97. The molecule has 0 fully saturated rings. The van der Waals surface area contributed by atoms with E-state index in [1.54, 1.807) is 23.0 Å². The van der Waals surface area contributed by atoms with E-state index in [1.807, 2.05) is 85.1 Å². The predicted octanol–water partition coefficient (Wildman–Crippen LogP) is 6.18. The molecule has 2 aromatic heterocycles. The summed E-state index contributed by atoms with van der Waals surface area (Å²) in [5.41, 5.74) is 4.75. The quantitative estimate of drug-likeness (QED) is 0.190. The normalized spacial score (nSPS) is 13.9. The zero-order valence-corrected chi connectivity index (χ0v) is 22.8. The summed E-state index contributed by atoms with van der Waals surface area (Å²) in [5.74, 6) is -0.863. The number of hydrogen-bond donors (Lipinski definition) is 1. The lowest BCUT2D eigenvalue weighted by molar-refractivity contribution is 0.0853. The van der Waals surface area contributed by atoms with Gasteiger partial charge < -0.3 is 9.84 Å². The van der Waals surface area contributed by atoms with Crippen LogP contribution in [-0.2, 0) is 30.9 Å². The lowest BCUT2D eigenvalue weighted by Crippen LogP contribution is -2.39. The molecule has 1 amide bonds. The summed E-state index contributed by atoms with van der Waals surface area (Å²) in [6, 6.07) is 30.3. The number of aliphatic hydroxyl groups is 1. The first-order valence-corrected chi connectivity index (χ1v) is 13.6. The number of amides is 1. The van der Waals surface area contributed by atoms with Gasteiger partial charge in [-0.2, -0.15) is 5.10 Å². The van der Waals surface area contributed by atoms with Crippen molar-refractivity contribution in [3.05, 3.63) is 160 Å². The minimum Gasteiger partial charge on any atom is -0.505 e. The van der Waals surface area contributed by atoms with Crippen LogP contribution in [0.15, 0.2) is 121 Å². The van der Waals surface area contributed by atoms with Crippen LogP contribution in [0.1, 0.15) is 43.9 Å². The van der Waals surface area contributed by atoms with E-state index in [9.17, 15) is 14.7 Å². The van der Waals surface area contributed by atoms with E-state index in [0.29, 0.717) is 24.1 Å². The van der Waals surface area contributed by atoms with Crippen LogP contribution >= 0.6 is 0 Å². The van der Waals surface area contributed by atoms with Crippen molar-refractivity contribution < 1.29 is 19.4 Å². The summed E-state index contributed by atoms with van der Waals surface area (Å²) >= 11 is 0. The third kappa shape index (κ3) is 5.83. The average molecular weight is 557 g/mol. The first-order chi connectivity index (χ1) is 20.5. The summed E-state index contributed by atoms with van der Waals surface area (Å²) in [6.45, 7) is 0.525. The number of rotatable bonds is 7. The number of aromatic nitrogens is 3. The highest BCUT2D eigenvalue weighted by molar-refractivity contribution is 6.14. The maximum absolute atomic E-state index is 13.8. The Morgan fingerprint density at radius 2 is 1.57 bits per heavy atom. The Bertz CT molecular complexity index is 1750. The van der Waals surface area contributed by atoms with Crippen molar-refractivity contribution in [1.29, 1.82) is 0 Å². The van der Waals surface area contributed by atoms with Crippen LogP contribution in [-0.4, -0.2) is 36.6 Å². The van der Waals surface area contributed by atoms with E-state index < -0.39 is 11.9 Å². The van der Waals surface area contributed by atoms with Crippen LogP contribution in [0.3, 0.4) is 0 Å². The van der Waals surface area contributed by atoms with E-state index in [2.05, 4.69) is 16.1 Å². The van der Waals surface area contributed by atoms with Gasteiger partial charge in [0.05, 0.1) is 13.1 Å². The molecule has 8 heteroatoms. The second kappa shape index (κ2) is 11.9. The highest BCUT2D eigenvalue weighted by atomic mass is 16.6. The Balaban J connectivity index is 1.41. The minimum atomic E-state index is -0.736. The fraction of sp³-hybridized carbons (Fsp3) is 0.118. The largest absolute Gasteiger partial charge is 0.505 e. The number of benzene rings is 3. The van der Waals surface area contributed by atoms with Crippen molar-refractivity contribution in [1.82, 2.24) is 19.7 Å². The van der Waals surface area contributed by atoms with Crippen molar-refractivity contribution in [2.45, 2.75) is 26.1 Å². The first kappa shape index (κ1) is 26.7. The summed E-state index contributed by atoms with van der Waals surface area (Å²) in [7, 11) is 0. The number of allylic oxidation sites excluding steroid dienone is 1. The number of carbonyl (C=O) groups is 2. The molecule has 0 atom stereocenters. The topological polar surface area (TPSA) is 97.6 Å². The van der Waals surface area contributed by atoms with Gasteiger partial charge >= 0.3 is 6.09 Å². The summed E-state index contributed by atoms with van der Waals surface area (Å²) in [4.78, 5) is 32.7. The van der Waals surface area contributed by atoms with Gasteiger partial charge in [-0.1, -0.05) is 72.8 Å². The second-order valence-electron chi connectivity index (χ2n) is 10.1. The molecule has 8 nitrogen and oxygen atoms in total. The van der Waals surface area contributed by atoms with Crippen molar-refractivity contribution in [2.24, 2.45) is 0 Å². The van der Waals surface area contributed by atoms with Gasteiger partial charge in [-0.15, -0.1) is 0 Å². The maximum atomic E-state index is 13.8. The van der Waals surface area contributed by atoms with Crippen molar-refractivity contribution in [3.8, 4) is 0 Å². The Labute approximate surface area is 243 Å². The second-order valence-corrected chi connectivity index (χ2v) is 10.1. The Morgan fingerprint density at radius 3 is 2.31 bits per heavy atom. The number of fused-ring (bicyclic) bond motifs is 1. The number of carbonyl (C=O) groups excluding carboxylic acids is 2. The number of nitrogens with zero attached hydrogens (tertiary/aromatic N) is 4. The first-order valence-electron chi connectivity index (χ1n) is 13.6. The Hall–Kier alpha value is -5.50. The zero-order chi connectivity index (χ0) is 28.9. The highest BCUT2D eigenvalue weighted by Crippen LogP contribution is 2.31. The molecule has 0 aliphatic carbocycles. The summed E-state index contributed by atoms with van der Waals surface area (Å²) < 4.78 is 7.39. The van der Waals surface area contributed by atoms with Crippen LogP contribution in [0.25, 0.3) is 5.76 Å². The third-order valence-corrected chi connectivity index (χ3v) is 7.05. The van der Waals surface area contributed by atoms with Crippen molar-refractivity contribution in [3.63, 3.8) is 0 Å². The van der Waals surface area contributed by atoms with E-state index in [4.69, 9.17) is 4.74 Å². The molecule has 1 aliphatic heterocycles. The van der Waals surface area contributed by atoms with E-state index in [1.165, 1.54) is 11.1 Å². The standard InChI is InChI=1S/C34H28N4O4/c39-32(29-19-26(17-24-9-3-1-4-10-24)18-27(20-29)21-37-16-8-15-36-37)31-33(40)30-28(13-7-14-35-30)22-38(31)34(41)42-23-25-11-5-2-6-12-25/h1-16,18-20,39H,17,21-23H2. The molecule has 3 aromatic carbocycles. The number of aliphatic hydroxyl groups excluding tert-OH is 1. The molecule has 1 aliphatic rings. The predicted molar refractivity (Wildman–Crippen MR) is 157 cm³/mol. The van der Waals surface area contributed by atoms with Gasteiger partial charge in [-0.3, -0.25) is 19.4 Å². The number of Topliss-reactive ketones (excluding diaryl/α,β-unsaturated/α-hetero) is 1. The molecule has 208 valence electrons. The number of hydrogen-bond acceptors (Lipinski definition) is 6. The van der Waals surface area contributed by atoms with Crippen LogP contribution < -0.4 is 0 Å². The smallest absolute Gasteiger partial charge is 0.415 e. The molecule has 0 saturated heterocycles. The van der Waals surface area contributed by atoms with E-state index in [-0.39, 0.29) is 30.3 Å². The maximum Gasteiger partial charge on any atom is 0.415 e. The van der Waals surface area contributed by atoms with E-state index >= 15 is 0 Å². The van der Waals surface area contributed by atoms with Gasteiger partial charge in [0, 0.05) is 29.7 Å². The molecule has 1 N–H and O–H groups in total. The summed E-state index contributed by atoms with van der Waals surface area (Å²) in [5, 5.41) is 16.1. The third-order valence-electron chi connectivity index (χ3n) is 7.05. The molecule has 0 unspecified atom stereocenters. The minimum absolute atomic E-state index is 0.0267. The molecule has 6 rings (SSSR count). The van der Waals surface area contributed by atoms with Gasteiger partial charge in [0.1, 0.15) is 18.0 Å². The average Bonchev–Trinajstić information content (AvgIpc) is 3.53. The Kier molecular flexibility index (Phi) is 7.59. The van der Waals surface area contributed by atoms with Crippen LogP contribution in [0.4, 0.5) is 4.79 Å². The van der Waals surface area contributed by atoms with Crippen LogP contribution in [0, 0.1) is 0 Å². The van der Waals surface area contributed by atoms with Gasteiger partial charge in [0.25, 0.3) is 0 Å². The molecule has 0 radical (unpaired) electrons. The SMILES string of the molecule is O=C1C(=C(O)c2cc(Cc3ccccc3)cc(Cn3cccn3)c2)N(C(=O)OCc2ccccc2)Cc2cccnc21. The number of ether oxygens (including phenoxy) is 1. The molecule has 3 heterocycles. The van der Waals surface area contributed by atoms with E-state index in [0.717, 1.165) is 22.3 Å². The lowest BCUT2D eigenvalue weighted by atomic mass is 9.95. The van der Waals surface area contributed by atoms with Crippen molar-refractivity contribution >= 4 is 17.6 Å². The zero-order valence-electron chi connectivity index (χ0n) is 22.8. The van der Waals surface area contributed by atoms with Gasteiger partial charge in [0.2, 0.25) is 5.78 Å². The Morgan fingerprint density at radius 1 is 0.833 bits per heavy atom. The number of pyridine rings is 1. The molecule has 5 aromatic rings. The highest BCUT2D eigenvalue weighted by Gasteiger charge is 2.37. The fourth-order valence-electron chi connectivity index (χ4n) is 5.09. The van der Waals surface area contributed by atoms with Crippen LogP contribution in [0.5, 0.6) is 0 Å². The molecule has 0 spiro atoms. The van der Waals surface area contributed by atoms with Crippen LogP contribution in [0.2, 0.25) is 0 Å². The lowest BCUT2D eigenvalue weighted by Gasteiger charge is -2.29. The number of ketones is 1. The molecular formula is C34H28N4O4. The van der Waals surface area contributed by atoms with Gasteiger partial charge in [-0.25, -0.2) is 4.79 Å². The van der Waals surface area contributed by atoms with Crippen molar-refractivity contribution in [2.75, 3.05) is 0 Å². The monoisotopic (exact) mass is 556 g/mol. The fourth-order valence-corrected chi connectivity index (χ4v) is 5.09. The van der Waals surface area contributed by atoms with Gasteiger partial charge in [0.15, 0.2) is 5.76 Å². The molecule has 0 bridgehead atoms. The molecule has 42 heavy (non-hydrogen) atoms. The molecular weight excluding hydrogens is 528 g/mol. The van der Waals surface area contributed by atoms with Gasteiger partial charge in [-0.05, 0) is 52.9 Å².